The van der Waals surface area contributed by atoms with E-state index in [0.717, 1.165) is 71.4 Å². The Hall–Kier alpha value is -1.18. The number of likely N-dealkylation sites (tertiary alicyclic amines) is 1. The molecule has 170 valence electrons. The largest absolute Gasteiger partial charge is 0.380 e. The number of nitrogens with zero attached hydrogens (tertiary/aromatic N) is 1. The maximum absolute atomic E-state index is 13.4. The van der Waals surface area contributed by atoms with E-state index in [-0.39, 0.29) is 34.7 Å². The number of carbonyl (C=O) groups is 2. The number of piperidine rings is 1. The molecule has 0 aromatic heterocycles. The van der Waals surface area contributed by atoms with Gasteiger partial charge in [-0.15, -0.1) is 0 Å². The fourth-order valence-electron chi connectivity index (χ4n) is 5.18. The smallest absolute Gasteiger partial charge is 0.247 e. The lowest BCUT2D eigenvalue weighted by molar-refractivity contribution is -0.164. The molecular weight excluding hydrogens is 384 g/mol. The van der Waals surface area contributed by atoms with E-state index in [0.29, 0.717) is 12.7 Å². The first kappa shape index (κ1) is 22.0. The summed E-state index contributed by atoms with van der Waals surface area (Å²) in [6.07, 6.45) is 6.44. The van der Waals surface area contributed by atoms with Gasteiger partial charge < -0.3 is 24.4 Å². The van der Waals surface area contributed by atoms with Crippen molar-refractivity contribution in [1.82, 2.24) is 10.2 Å². The Morgan fingerprint density at radius 2 is 1.73 bits per heavy atom. The van der Waals surface area contributed by atoms with Crippen LogP contribution in [-0.4, -0.2) is 74.5 Å². The quantitative estimate of drug-likeness (QED) is 0.680. The molecule has 7 nitrogen and oxygen atoms in total. The first-order valence-electron chi connectivity index (χ1n) is 11.7. The van der Waals surface area contributed by atoms with Crippen LogP contribution < -0.4 is 5.32 Å². The Labute approximate surface area is 180 Å². The van der Waals surface area contributed by atoms with Crippen molar-refractivity contribution in [1.29, 1.82) is 0 Å². The van der Waals surface area contributed by atoms with Crippen LogP contribution in [0.25, 0.3) is 0 Å². The van der Waals surface area contributed by atoms with Crippen molar-refractivity contribution < 1.29 is 23.8 Å². The molecule has 4 heterocycles. The minimum atomic E-state index is -0.649. The Morgan fingerprint density at radius 1 is 1.07 bits per heavy atom. The highest BCUT2D eigenvalue weighted by atomic mass is 16.5. The van der Waals surface area contributed by atoms with E-state index in [1.165, 1.54) is 0 Å². The lowest BCUT2D eigenvalue weighted by atomic mass is 9.72. The molecule has 2 unspecified atom stereocenters. The maximum Gasteiger partial charge on any atom is 0.247 e. The Bertz CT molecular complexity index is 616. The molecule has 1 N–H and O–H groups in total. The molecule has 0 aromatic rings. The van der Waals surface area contributed by atoms with Gasteiger partial charge in [-0.05, 0) is 45.4 Å². The van der Waals surface area contributed by atoms with Gasteiger partial charge in [0.05, 0.1) is 38.6 Å². The first-order valence-corrected chi connectivity index (χ1v) is 11.7. The molecule has 4 saturated heterocycles. The Kier molecular flexibility index (Phi) is 6.43. The van der Waals surface area contributed by atoms with Crippen LogP contribution in [0.3, 0.4) is 0 Å². The number of fused-ring (bicyclic) bond motifs is 3. The molecule has 5 fully saturated rings. The van der Waals surface area contributed by atoms with Gasteiger partial charge in [0, 0.05) is 29.8 Å². The molecule has 5 aliphatic rings. The third-order valence-electron chi connectivity index (χ3n) is 7.78. The van der Waals surface area contributed by atoms with Crippen LogP contribution in [0.1, 0.15) is 59.3 Å². The summed E-state index contributed by atoms with van der Waals surface area (Å²) in [6.45, 7) is 10.0. The van der Waals surface area contributed by atoms with E-state index in [2.05, 4.69) is 5.32 Å². The molecule has 30 heavy (non-hydrogen) atoms. The van der Waals surface area contributed by atoms with Gasteiger partial charge in [0.1, 0.15) is 6.04 Å². The SMILES string of the molecule is CC(C)C(=O)NC(C(=O)N1CCC2(CC1)COC2)C(C)OCC12CCC(CC1)OC2. The Balaban J connectivity index is 1.38. The number of carbonyl (C=O) groups excluding carboxylic acids is 2. The molecule has 1 spiro atoms. The summed E-state index contributed by atoms with van der Waals surface area (Å²) >= 11 is 0. The zero-order valence-electron chi connectivity index (χ0n) is 18.8. The number of nitrogens with one attached hydrogen (secondary N) is 1. The zero-order valence-corrected chi connectivity index (χ0v) is 18.8. The molecule has 7 heteroatoms. The maximum atomic E-state index is 13.4. The predicted molar refractivity (Wildman–Crippen MR) is 112 cm³/mol. The second-order valence-electron chi connectivity index (χ2n) is 10.5. The highest BCUT2D eigenvalue weighted by Gasteiger charge is 2.45. The predicted octanol–water partition coefficient (Wildman–Crippen LogP) is 2.13. The second kappa shape index (κ2) is 8.75. The van der Waals surface area contributed by atoms with Gasteiger partial charge in [0.25, 0.3) is 0 Å². The van der Waals surface area contributed by atoms with Crippen LogP contribution in [-0.2, 0) is 23.8 Å². The molecular formula is C23H38N2O5. The number of amides is 2. The van der Waals surface area contributed by atoms with Gasteiger partial charge >= 0.3 is 0 Å². The van der Waals surface area contributed by atoms with Gasteiger partial charge in [-0.3, -0.25) is 9.59 Å². The van der Waals surface area contributed by atoms with Crippen molar-refractivity contribution in [3.63, 3.8) is 0 Å². The Morgan fingerprint density at radius 3 is 2.23 bits per heavy atom. The third-order valence-corrected chi connectivity index (χ3v) is 7.78. The molecule has 2 atom stereocenters. The van der Waals surface area contributed by atoms with Crippen molar-refractivity contribution in [2.45, 2.75) is 77.5 Å². The fraction of sp³-hybridized carbons (Fsp3) is 0.913. The molecule has 2 amide bonds. The normalized spacial score (nSPS) is 32.0. The second-order valence-corrected chi connectivity index (χ2v) is 10.5. The molecule has 5 rings (SSSR count). The third kappa shape index (κ3) is 4.53. The van der Waals surface area contributed by atoms with E-state index in [9.17, 15) is 9.59 Å². The van der Waals surface area contributed by atoms with Gasteiger partial charge in [-0.25, -0.2) is 0 Å². The molecule has 0 radical (unpaired) electrons. The highest BCUT2D eigenvalue weighted by Crippen LogP contribution is 2.43. The van der Waals surface area contributed by atoms with Crippen LogP contribution in [0, 0.1) is 16.7 Å². The molecule has 0 aromatic carbocycles. The standard InChI is InChI=1S/C23H38N2O5/c1-16(2)20(26)24-19(21(27)25-10-8-23(9-11-25)12-28-13-23)17(3)29-14-22-6-4-18(5-7-22)30-15-22/h16-19H,4-15H2,1-3H3,(H,24,26). The minimum Gasteiger partial charge on any atom is -0.380 e. The van der Waals surface area contributed by atoms with Gasteiger partial charge in [-0.1, -0.05) is 13.8 Å². The minimum absolute atomic E-state index is 0.0207. The lowest BCUT2D eigenvalue weighted by Crippen LogP contribution is -2.59. The van der Waals surface area contributed by atoms with Crippen molar-refractivity contribution in [2.24, 2.45) is 16.7 Å². The van der Waals surface area contributed by atoms with E-state index in [1.54, 1.807) is 0 Å². The topological polar surface area (TPSA) is 77.1 Å². The van der Waals surface area contributed by atoms with E-state index < -0.39 is 6.04 Å². The van der Waals surface area contributed by atoms with Gasteiger partial charge in [0.15, 0.2) is 0 Å². The lowest BCUT2D eigenvalue weighted by Gasteiger charge is -2.48. The molecule has 4 aliphatic heterocycles. The number of hydrogen-bond donors (Lipinski definition) is 1. The number of hydrogen-bond acceptors (Lipinski definition) is 5. The van der Waals surface area contributed by atoms with Crippen LogP contribution in [0.15, 0.2) is 0 Å². The molecule has 1 saturated carbocycles. The molecule has 2 bridgehead atoms. The summed E-state index contributed by atoms with van der Waals surface area (Å²) in [5, 5.41) is 2.98. The summed E-state index contributed by atoms with van der Waals surface area (Å²) in [6, 6.07) is -0.649. The van der Waals surface area contributed by atoms with Gasteiger partial charge in [-0.2, -0.15) is 0 Å². The monoisotopic (exact) mass is 422 g/mol. The average molecular weight is 423 g/mol. The summed E-state index contributed by atoms with van der Waals surface area (Å²) in [5.74, 6) is -0.304. The average Bonchev–Trinajstić information content (AvgIpc) is 2.75. The van der Waals surface area contributed by atoms with Crippen LogP contribution in [0.4, 0.5) is 0 Å². The van der Waals surface area contributed by atoms with Crippen molar-refractivity contribution >= 4 is 11.8 Å². The number of ether oxygens (including phenoxy) is 3. The van der Waals surface area contributed by atoms with Crippen molar-refractivity contribution in [3.05, 3.63) is 0 Å². The van der Waals surface area contributed by atoms with E-state index >= 15 is 0 Å². The van der Waals surface area contributed by atoms with Crippen LogP contribution >= 0.6 is 0 Å². The van der Waals surface area contributed by atoms with Crippen LogP contribution in [0.5, 0.6) is 0 Å². The summed E-state index contributed by atoms with van der Waals surface area (Å²) in [4.78, 5) is 27.8. The van der Waals surface area contributed by atoms with Crippen molar-refractivity contribution in [2.75, 3.05) is 39.5 Å². The summed E-state index contributed by atoms with van der Waals surface area (Å²) < 4.78 is 17.6. The summed E-state index contributed by atoms with van der Waals surface area (Å²) in [7, 11) is 0. The van der Waals surface area contributed by atoms with Crippen molar-refractivity contribution in [3.8, 4) is 0 Å². The van der Waals surface area contributed by atoms with E-state index in [4.69, 9.17) is 14.2 Å². The fourth-order valence-corrected chi connectivity index (χ4v) is 5.18. The summed E-state index contributed by atoms with van der Waals surface area (Å²) in [5.41, 5.74) is 0.342. The van der Waals surface area contributed by atoms with Crippen LogP contribution in [0.2, 0.25) is 0 Å². The first-order chi connectivity index (χ1) is 14.3. The molecule has 1 aliphatic carbocycles. The highest BCUT2D eigenvalue weighted by molar-refractivity contribution is 5.88. The van der Waals surface area contributed by atoms with Gasteiger partial charge in [0.2, 0.25) is 11.8 Å². The number of rotatable bonds is 7. The zero-order chi connectivity index (χ0) is 21.4. The van der Waals surface area contributed by atoms with E-state index in [1.807, 2.05) is 25.7 Å².